The van der Waals surface area contributed by atoms with Gasteiger partial charge in [0.15, 0.2) is 0 Å². The van der Waals surface area contributed by atoms with E-state index in [9.17, 15) is 4.79 Å². The van der Waals surface area contributed by atoms with Gasteiger partial charge in [0.25, 0.3) is 0 Å². The minimum atomic E-state index is -0.934. The summed E-state index contributed by atoms with van der Waals surface area (Å²) in [6, 6.07) is 22.4. The number of nitrogens with one attached hydrogen (secondary N) is 2. The fourth-order valence-electron chi connectivity index (χ4n) is 3.54. The molecule has 8 heteroatoms. The summed E-state index contributed by atoms with van der Waals surface area (Å²) in [6.07, 6.45) is 8.09. The number of benzene rings is 1. The second-order valence-electron chi connectivity index (χ2n) is 7.72. The van der Waals surface area contributed by atoms with Crippen LogP contribution in [-0.2, 0) is 17.1 Å². The van der Waals surface area contributed by atoms with Crippen LogP contribution in [0.4, 0.5) is 0 Å². The summed E-state index contributed by atoms with van der Waals surface area (Å²) in [5.74, 6) is -0.934. The minimum absolute atomic E-state index is 0. The third-order valence-corrected chi connectivity index (χ3v) is 5.39. The van der Waals surface area contributed by atoms with E-state index in [0.717, 1.165) is 44.8 Å². The van der Waals surface area contributed by atoms with E-state index in [1.165, 1.54) is 12.1 Å². The Morgan fingerprint density at radius 1 is 0.629 bits per heavy atom. The Morgan fingerprint density at radius 2 is 0.971 bits per heavy atom. The number of hydrogen-bond donors (Lipinski definition) is 3. The molecule has 3 N–H and O–H groups in total. The number of halogens is 1. The summed E-state index contributed by atoms with van der Waals surface area (Å²) < 4.78 is 0. The first-order chi connectivity index (χ1) is 16.5. The molecule has 8 bridgehead atoms. The average molecular weight is 523 g/mol. The van der Waals surface area contributed by atoms with Crippen LogP contribution >= 0.6 is 11.6 Å². The Labute approximate surface area is 216 Å². The molecule has 0 aliphatic carbocycles. The molecule has 4 aromatic rings. The van der Waals surface area contributed by atoms with Gasteiger partial charge in [-0.3, -0.25) is 0 Å². The fourth-order valence-corrected chi connectivity index (χ4v) is 3.66. The Balaban J connectivity index is 0.000000224. The SMILES string of the molecule is C1=Cc2cc3ccc(cc4nc(cc5ccc(cc1n2)[nH]5)C=C4)[nH]3.O=C(O)c1ccc(Cl)cc1.[Fe]. The number of H-pyrrole nitrogens is 2. The average Bonchev–Trinajstić information content (AvgIpc) is 3.60. The molecule has 174 valence electrons. The van der Waals surface area contributed by atoms with Crippen molar-refractivity contribution >= 4 is 63.9 Å². The predicted octanol–water partition coefficient (Wildman–Crippen LogP) is 6.69. The van der Waals surface area contributed by atoms with Crippen LogP contribution in [0, 0.1) is 0 Å². The molecule has 6 nitrogen and oxygen atoms in total. The standard InChI is InChI=1S/C20H14N4.C7H5ClO2.Fe/c1-2-14-10-16-5-6-18(23-16)12-20-8-7-19(24-20)11-17-4-3-15(22-17)9-13(1)21-14;8-6-3-1-5(2-4-6)7(9)10;/h1-12,21,24H;1-4H,(H,9,10);. The van der Waals surface area contributed by atoms with Crippen molar-refractivity contribution in [1.29, 1.82) is 0 Å². The summed E-state index contributed by atoms with van der Waals surface area (Å²) in [7, 11) is 0. The molecule has 0 fully saturated rings. The number of carboxylic acid groups (broad SMARTS) is 1. The molecular formula is C27H19ClFeN4O2. The Bertz CT molecular complexity index is 1430. The zero-order chi connectivity index (χ0) is 23.5. The molecule has 0 spiro atoms. The van der Waals surface area contributed by atoms with Gasteiger partial charge >= 0.3 is 5.97 Å². The zero-order valence-corrected chi connectivity index (χ0v) is 20.1. The van der Waals surface area contributed by atoms with Crippen molar-refractivity contribution in [1.82, 2.24) is 19.9 Å². The first kappa shape index (κ1) is 24.2. The molecule has 0 saturated heterocycles. The van der Waals surface area contributed by atoms with Crippen LogP contribution in [0.1, 0.15) is 33.1 Å². The van der Waals surface area contributed by atoms with E-state index >= 15 is 0 Å². The molecule has 5 heterocycles. The van der Waals surface area contributed by atoms with Crippen LogP contribution in [0.3, 0.4) is 0 Å². The van der Waals surface area contributed by atoms with Gasteiger partial charge in [-0.1, -0.05) is 11.6 Å². The van der Waals surface area contributed by atoms with E-state index in [0.29, 0.717) is 5.02 Å². The van der Waals surface area contributed by atoms with Crippen LogP contribution in [0.2, 0.25) is 5.02 Å². The summed E-state index contributed by atoms with van der Waals surface area (Å²) in [6.45, 7) is 0. The number of rotatable bonds is 1. The Hall–Kier alpha value is -3.90. The van der Waals surface area contributed by atoms with Gasteiger partial charge in [-0.05, 0) is 97.1 Å². The third-order valence-electron chi connectivity index (χ3n) is 5.13. The van der Waals surface area contributed by atoms with Gasteiger partial charge in [0.05, 0.1) is 28.3 Å². The molecule has 2 aliphatic heterocycles. The van der Waals surface area contributed by atoms with E-state index in [1.807, 2.05) is 48.6 Å². The van der Waals surface area contributed by atoms with E-state index in [2.05, 4.69) is 44.2 Å². The number of nitrogens with zero attached hydrogens (tertiary/aromatic N) is 2. The van der Waals surface area contributed by atoms with E-state index in [-0.39, 0.29) is 22.6 Å². The molecule has 1 aromatic carbocycles. The molecule has 0 unspecified atom stereocenters. The fraction of sp³-hybridized carbons (Fsp3) is 0. The van der Waals surface area contributed by atoms with Crippen molar-refractivity contribution in [2.24, 2.45) is 0 Å². The largest absolute Gasteiger partial charge is 0.478 e. The van der Waals surface area contributed by atoms with Gasteiger partial charge in [0, 0.05) is 44.2 Å². The first-order valence-corrected chi connectivity index (χ1v) is 10.9. The maximum absolute atomic E-state index is 10.3. The Kier molecular flexibility index (Phi) is 7.32. The monoisotopic (exact) mass is 522 g/mol. The summed E-state index contributed by atoms with van der Waals surface area (Å²) >= 11 is 5.52. The zero-order valence-electron chi connectivity index (χ0n) is 18.2. The van der Waals surface area contributed by atoms with Crippen molar-refractivity contribution in [2.45, 2.75) is 0 Å². The van der Waals surface area contributed by atoms with Gasteiger partial charge in [0.1, 0.15) is 0 Å². The van der Waals surface area contributed by atoms with Gasteiger partial charge in [-0.25, -0.2) is 14.8 Å². The molecule has 2 aliphatic rings. The van der Waals surface area contributed by atoms with Crippen LogP contribution in [0.25, 0.3) is 46.4 Å². The molecule has 35 heavy (non-hydrogen) atoms. The van der Waals surface area contributed by atoms with Gasteiger partial charge in [-0.15, -0.1) is 0 Å². The normalized spacial score (nSPS) is 11.3. The number of fused-ring (bicyclic) bond motifs is 8. The van der Waals surface area contributed by atoms with Crippen LogP contribution < -0.4 is 0 Å². The second-order valence-corrected chi connectivity index (χ2v) is 8.15. The van der Waals surface area contributed by atoms with Crippen molar-refractivity contribution < 1.29 is 27.0 Å². The van der Waals surface area contributed by atoms with Gasteiger partial charge < -0.3 is 15.1 Å². The van der Waals surface area contributed by atoms with Crippen molar-refractivity contribution in [3.05, 3.63) is 106 Å². The Morgan fingerprint density at radius 3 is 1.29 bits per heavy atom. The van der Waals surface area contributed by atoms with Gasteiger partial charge in [0.2, 0.25) is 0 Å². The third kappa shape index (κ3) is 6.16. The van der Waals surface area contributed by atoms with Crippen LogP contribution in [0.5, 0.6) is 0 Å². The summed E-state index contributed by atoms with van der Waals surface area (Å²) in [4.78, 5) is 26.3. The second kappa shape index (κ2) is 10.6. The molecule has 6 rings (SSSR count). The maximum atomic E-state index is 10.3. The molecule has 3 aromatic heterocycles. The van der Waals surface area contributed by atoms with Crippen molar-refractivity contribution in [3.63, 3.8) is 0 Å². The summed E-state index contributed by atoms with van der Waals surface area (Å²) in [5, 5.41) is 8.98. The van der Waals surface area contributed by atoms with E-state index in [1.54, 1.807) is 12.1 Å². The molecular weight excluding hydrogens is 504 g/mol. The number of hydrogen-bond acceptors (Lipinski definition) is 3. The predicted molar refractivity (Wildman–Crippen MR) is 137 cm³/mol. The number of aromatic nitrogens is 4. The smallest absolute Gasteiger partial charge is 0.335 e. The molecule has 0 saturated carbocycles. The minimum Gasteiger partial charge on any atom is -0.478 e. The van der Waals surface area contributed by atoms with E-state index < -0.39 is 5.97 Å². The quantitative estimate of drug-likeness (QED) is 0.210. The van der Waals surface area contributed by atoms with Gasteiger partial charge in [-0.2, -0.15) is 0 Å². The van der Waals surface area contributed by atoms with Crippen LogP contribution in [-0.4, -0.2) is 31.0 Å². The topological polar surface area (TPSA) is 94.7 Å². The maximum Gasteiger partial charge on any atom is 0.335 e. The number of carbonyl (C=O) groups is 1. The van der Waals surface area contributed by atoms with Crippen molar-refractivity contribution in [3.8, 4) is 0 Å². The van der Waals surface area contributed by atoms with E-state index in [4.69, 9.17) is 16.7 Å². The first-order valence-electron chi connectivity index (χ1n) is 10.5. The molecule has 0 radical (unpaired) electrons. The number of aromatic carboxylic acids is 1. The van der Waals surface area contributed by atoms with Crippen LogP contribution in [0.15, 0.2) is 72.8 Å². The number of carboxylic acids is 1. The van der Waals surface area contributed by atoms with Crippen molar-refractivity contribution in [2.75, 3.05) is 0 Å². The molecule has 0 atom stereocenters. The summed E-state index contributed by atoms with van der Waals surface area (Å²) in [5.41, 5.74) is 8.11. The number of aromatic amines is 2. The molecule has 0 amide bonds.